The van der Waals surface area contributed by atoms with E-state index in [4.69, 9.17) is 10.2 Å². The van der Waals surface area contributed by atoms with Crippen molar-refractivity contribution in [1.82, 2.24) is 0 Å². The van der Waals surface area contributed by atoms with Gasteiger partial charge in [0.05, 0.1) is 6.10 Å². The van der Waals surface area contributed by atoms with E-state index in [0.717, 1.165) is 64.2 Å². The molecule has 39 heavy (non-hydrogen) atoms. The molecule has 234 valence electrons. The first-order chi connectivity index (χ1) is 18.9. The Morgan fingerprint density at radius 2 is 0.641 bits per heavy atom. The maximum Gasteiger partial charge on any atom is 0.303 e. The molecule has 3 N–H and O–H groups in total. The van der Waals surface area contributed by atoms with E-state index in [-0.39, 0.29) is 6.10 Å². The average molecular weight is 557 g/mol. The van der Waals surface area contributed by atoms with E-state index in [2.05, 4.69) is 13.8 Å². The van der Waals surface area contributed by atoms with E-state index in [0.29, 0.717) is 12.8 Å². The second-order valence-electron chi connectivity index (χ2n) is 11.7. The lowest BCUT2D eigenvalue weighted by molar-refractivity contribution is -0.138. The van der Waals surface area contributed by atoms with Crippen LogP contribution in [0.5, 0.6) is 0 Å². The van der Waals surface area contributed by atoms with E-state index < -0.39 is 11.9 Å². The van der Waals surface area contributed by atoms with Crippen LogP contribution in [-0.4, -0.2) is 33.4 Å². The van der Waals surface area contributed by atoms with Crippen LogP contribution in [-0.2, 0) is 9.59 Å². The van der Waals surface area contributed by atoms with Crippen LogP contribution in [0, 0.1) is 0 Å². The minimum Gasteiger partial charge on any atom is -0.481 e. The standard InChI is InChI=1S/C18H36O3.C16H32O2/c1-2-3-4-5-6-8-11-14-17(19)15-12-9-7-10-13-16-18(20)21;1-2-3-4-5-6-7-8-9-10-11-12-13-14-15-16(17)18/h17,19H,2-16H2,1H3,(H,20,21);2-15H2,1H3,(H,17,18). The van der Waals surface area contributed by atoms with Gasteiger partial charge in [-0.15, -0.1) is 0 Å². The van der Waals surface area contributed by atoms with Gasteiger partial charge in [-0.1, -0.05) is 162 Å². The molecule has 0 aromatic heterocycles. The molecule has 0 saturated carbocycles. The monoisotopic (exact) mass is 557 g/mol. The third-order valence-corrected chi connectivity index (χ3v) is 7.56. The quantitative estimate of drug-likeness (QED) is 0.0765. The van der Waals surface area contributed by atoms with Crippen LogP contribution in [0.15, 0.2) is 0 Å². The molecule has 0 aromatic rings. The zero-order valence-corrected chi connectivity index (χ0v) is 26.2. The van der Waals surface area contributed by atoms with Crippen LogP contribution in [0.3, 0.4) is 0 Å². The first-order valence-electron chi connectivity index (χ1n) is 17.1. The molecule has 0 aliphatic carbocycles. The number of carboxylic acid groups (broad SMARTS) is 2. The number of hydrogen-bond donors (Lipinski definition) is 3. The van der Waals surface area contributed by atoms with Crippen molar-refractivity contribution in [2.75, 3.05) is 0 Å². The normalized spacial score (nSPS) is 11.7. The van der Waals surface area contributed by atoms with Crippen molar-refractivity contribution in [1.29, 1.82) is 0 Å². The van der Waals surface area contributed by atoms with Crippen LogP contribution in [0.25, 0.3) is 0 Å². The van der Waals surface area contributed by atoms with Crippen LogP contribution < -0.4 is 0 Å². The number of carbonyl (C=O) groups is 2. The van der Waals surface area contributed by atoms with Crippen molar-refractivity contribution >= 4 is 11.9 Å². The summed E-state index contributed by atoms with van der Waals surface area (Å²) in [6.07, 6.45) is 33.5. The van der Waals surface area contributed by atoms with Crippen molar-refractivity contribution in [3.8, 4) is 0 Å². The molecule has 0 rings (SSSR count). The smallest absolute Gasteiger partial charge is 0.303 e. The van der Waals surface area contributed by atoms with Crippen LogP contribution in [0.1, 0.15) is 200 Å². The van der Waals surface area contributed by atoms with Gasteiger partial charge in [0.25, 0.3) is 0 Å². The predicted octanol–water partition coefficient (Wildman–Crippen LogP) is 10.9. The number of aliphatic carboxylic acids is 2. The largest absolute Gasteiger partial charge is 0.481 e. The van der Waals surface area contributed by atoms with Gasteiger partial charge in [-0.2, -0.15) is 0 Å². The fourth-order valence-corrected chi connectivity index (χ4v) is 4.96. The number of carboxylic acids is 2. The molecule has 0 aliphatic heterocycles. The summed E-state index contributed by atoms with van der Waals surface area (Å²) < 4.78 is 0. The van der Waals surface area contributed by atoms with Gasteiger partial charge in [-0.05, 0) is 25.7 Å². The molecule has 0 aromatic carbocycles. The maximum atomic E-state index is 10.3. The van der Waals surface area contributed by atoms with E-state index in [9.17, 15) is 14.7 Å². The lowest BCUT2D eigenvalue weighted by atomic mass is 10.0. The Labute approximate surface area is 242 Å². The summed E-state index contributed by atoms with van der Waals surface area (Å²) >= 11 is 0. The van der Waals surface area contributed by atoms with E-state index in [1.165, 1.54) is 109 Å². The molecule has 0 heterocycles. The van der Waals surface area contributed by atoms with Gasteiger partial charge in [0.15, 0.2) is 0 Å². The first kappa shape index (κ1) is 40.0. The zero-order valence-electron chi connectivity index (χ0n) is 26.2. The summed E-state index contributed by atoms with van der Waals surface area (Å²) in [5.41, 5.74) is 0. The van der Waals surface area contributed by atoms with Crippen molar-refractivity contribution in [3.05, 3.63) is 0 Å². The topological polar surface area (TPSA) is 94.8 Å². The molecule has 1 atom stereocenters. The second kappa shape index (κ2) is 34.9. The van der Waals surface area contributed by atoms with E-state index in [1.807, 2.05) is 0 Å². The Kier molecular flexibility index (Phi) is 35.9. The molecular formula is C34H68O5. The Balaban J connectivity index is 0. The number of hydrogen-bond acceptors (Lipinski definition) is 3. The number of aliphatic hydroxyl groups is 1. The average Bonchev–Trinajstić information content (AvgIpc) is 2.90. The van der Waals surface area contributed by atoms with Gasteiger partial charge in [0.1, 0.15) is 0 Å². The van der Waals surface area contributed by atoms with Crippen molar-refractivity contribution in [3.63, 3.8) is 0 Å². The van der Waals surface area contributed by atoms with Crippen molar-refractivity contribution in [2.24, 2.45) is 0 Å². The summed E-state index contributed by atoms with van der Waals surface area (Å²) in [6.45, 7) is 4.50. The molecule has 5 heteroatoms. The number of unbranched alkanes of at least 4 members (excludes halogenated alkanes) is 22. The van der Waals surface area contributed by atoms with Crippen LogP contribution in [0.4, 0.5) is 0 Å². The minimum atomic E-state index is -0.694. The third kappa shape index (κ3) is 41.5. The highest BCUT2D eigenvalue weighted by atomic mass is 16.4. The molecule has 5 nitrogen and oxygen atoms in total. The lowest BCUT2D eigenvalue weighted by Crippen LogP contribution is -2.05. The van der Waals surface area contributed by atoms with Crippen LogP contribution in [0.2, 0.25) is 0 Å². The Morgan fingerprint density at radius 3 is 0.897 bits per heavy atom. The summed E-state index contributed by atoms with van der Waals surface area (Å²) in [6, 6.07) is 0. The molecule has 0 bridgehead atoms. The van der Waals surface area contributed by atoms with Gasteiger partial charge in [0, 0.05) is 12.8 Å². The fraction of sp³-hybridized carbons (Fsp3) is 0.941. The van der Waals surface area contributed by atoms with Gasteiger partial charge in [0.2, 0.25) is 0 Å². The summed E-state index contributed by atoms with van der Waals surface area (Å²) in [4.78, 5) is 20.6. The maximum absolute atomic E-state index is 10.3. The highest BCUT2D eigenvalue weighted by Crippen LogP contribution is 2.15. The van der Waals surface area contributed by atoms with Gasteiger partial charge in [-0.25, -0.2) is 0 Å². The first-order valence-corrected chi connectivity index (χ1v) is 17.1. The number of aliphatic hydroxyl groups excluding tert-OH is 1. The van der Waals surface area contributed by atoms with E-state index >= 15 is 0 Å². The highest BCUT2D eigenvalue weighted by Gasteiger charge is 2.04. The van der Waals surface area contributed by atoms with Gasteiger partial charge in [-0.3, -0.25) is 9.59 Å². The van der Waals surface area contributed by atoms with Crippen molar-refractivity contribution in [2.45, 2.75) is 206 Å². The second-order valence-corrected chi connectivity index (χ2v) is 11.7. The number of rotatable bonds is 30. The molecule has 0 aliphatic rings. The minimum absolute atomic E-state index is 0.125. The lowest BCUT2D eigenvalue weighted by Gasteiger charge is -2.10. The molecular weight excluding hydrogens is 488 g/mol. The summed E-state index contributed by atoms with van der Waals surface area (Å²) in [7, 11) is 0. The van der Waals surface area contributed by atoms with Crippen LogP contribution >= 0.6 is 0 Å². The summed E-state index contributed by atoms with van der Waals surface area (Å²) in [5.74, 6) is -1.35. The fourth-order valence-electron chi connectivity index (χ4n) is 4.96. The zero-order chi connectivity index (χ0) is 29.2. The Bertz CT molecular complexity index is 494. The SMILES string of the molecule is CCCCCCCCCC(O)CCCCCCCC(=O)O.CCCCCCCCCCCCCCCC(=O)O. The van der Waals surface area contributed by atoms with Gasteiger partial charge >= 0.3 is 11.9 Å². The molecule has 0 saturated heterocycles. The molecule has 0 amide bonds. The molecule has 0 radical (unpaired) electrons. The third-order valence-electron chi connectivity index (χ3n) is 7.56. The highest BCUT2D eigenvalue weighted by molar-refractivity contribution is 5.66. The molecule has 0 spiro atoms. The molecule has 1 unspecified atom stereocenters. The van der Waals surface area contributed by atoms with E-state index in [1.54, 1.807) is 0 Å². The predicted molar refractivity (Wildman–Crippen MR) is 167 cm³/mol. The Hall–Kier alpha value is -1.10. The Morgan fingerprint density at radius 1 is 0.410 bits per heavy atom. The summed E-state index contributed by atoms with van der Waals surface area (Å²) in [5, 5.41) is 26.9. The van der Waals surface area contributed by atoms with Crippen molar-refractivity contribution < 1.29 is 24.9 Å². The molecule has 0 fully saturated rings. The van der Waals surface area contributed by atoms with Gasteiger partial charge < -0.3 is 15.3 Å².